The molecule has 50 heavy (non-hydrogen) atoms. The van der Waals surface area contributed by atoms with Gasteiger partial charge in [0.2, 0.25) is 0 Å². The fourth-order valence-electron chi connectivity index (χ4n) is 7.28. The molecule has 0 bridgehead atoms. The maximum atomic E-state index is 15.7. The van der Waals surface area contributed by atoms with Crippen molar-refractivity contribution in [3.63, 3.8) is 0 Å². The Morgan fingerprint density at radius 3 is 2.54 bits per heavy atom. The van der Waals surface area contributed by atoms with Gasteiger partial charge in [-0.05, 0) is 6.92 Å². The summed E-state index contributed by atoms with van der Waals surface area (Å²) >= 11 is 2.42. The Balaban J connectivity index is 1.11. The van der Waals surface area contributed by atoms with Gasteiger partial charge in [-0.2, -0.15) is 0 Å². The molecule has 0 saturated carbocycles. The summed E-state index contributed by atoms with van der Waals surface area (Å²) in [5, 5.41) is 15.8. The van der Waals surface area contributed by atoms with E-state index in [0.29, 0.717) is 51.4 Å². The normalized spacial score (nSPS) is 20.4. The Labute approximate surface area is 300 Å². The van der Waals surface area contributed by atoms with Crippen molar-refractivity contribution in [2.75, 3.05) is 52.5 Å². The van der Waals surface area contributed by atoms with Gasteiger partial charge in [0.25, 0.3) is 0 Å². The van der Waals surface area contributed by atoms with E-state index >= 15 is 4.39 Å². The smallest absolute Gasteiger partial charge is 0.377 e. The molecular formula is C37H40AsFN8O3. The van der Waals surface area contributed by atoms with Crippen molar-refractivity contribution in [2.45, 2.75) is 50.7 Å². The Morgan fingerprint density at radius 2 is 1.86 bits per heavy atom. The van der Waals surface area contributed by atoms with Crippen LogP contribution in [-0.4, -0.2) is 121 Å². The molecule has 2 aromatic heterocycles. The van der Waals surface area contributed by atoms with Crippen LogP contribution in [-0.2, 0) is 9.53 Å². The summed E-state index contributed by atoms with van der Waals surface area (Å²) in [4.78, 5) is 29.4. The van der Waals surface area contributed by atoms with Gasteiger partial charge >= 0.3 is 240 Å². The Hall–Kier alpha value is -4.14. The number of para-hydroxylation sites is 1. The molecular weight excluding hydrogens is 698 g/mol. The first-order valence-electron chi connectivity index (χ1n) is 17.0. The van der Waals surface area contributed by atoms with Gasteiger partial charge in [0.15, 0.2) is 0 Å². The molecule has 5 heterocycles. The second-order valence-electron chi connectivity index (χ2n) is 14.1. The quantitative estimate of drug-likeness (QED) is 0.150. The van der Waals surface area contributed by atoms with Crippen LogP contribution in [0.25, 0.3) is 22.3 Å². The van der Waals surface area contributed by atoms with E-state index in [-0.39, 0.29) is 23.1 Å². The number of piperidine rings is 1. The fraction of sp³-hybridized carbons (Fsp3) is 0.432. The van der Waals surface area contributed by atoms with Gasteiger partial charge in [0.05, 0.1) is 18.8 Å². The molecule has 0 unspecified atom stereocenters. The topological polar surface area (TPSA) is 113 Å². The predicted molar refractivity (Wildman–Crippen MR) is 188 cm³/mol. The van der Waals surface area contributed by atoms with E-state index in [4.69, 9.17) is 14.6 Å². The van der Waals surface area contributed by atoms with Crippen molar-refractivity contribution in [1.29, 1.82) is 5.26 Å². The SMILES string of the molecule is CC(C)(/C=C(/C#N)C(=O)N1CCC[C@@H](n2nc(-c3ccc(Oc4ccccc4)cc3F)c3c([As])ncnc32)C1)N1CCN(C2(C)COC2)CC1. The monoisotopic (exact) mass is 738 g/mol. The van der Waals surface area contributed by atoms with Crippen LogP contribution in [0.4, 0.5) is 4.39 Å². The van der Waals surface area contributed by atoms with Crippen LogP contribution in [0.3, 0.4) is 0 Å². The average molecular weight is 739 g/mol. The number of ether oxygens (including phenoxy) is 2. The van der Waals surface area contributed by atoms with Gasteiger partial charge < -0.3 is 4.74 Å². The molecule has 4 aromatic rings. The van der Waals surface area contributed by atoms with Crippen molar-refractivity contribution < 1.29 is 18.7 Å². The van der Waals surface area contributed by atoms with Crippen LogP contribution in [0, 0.1) is 17.1 Å². The first-order valence-corrected chi connectivity index (χ1v) is 18.0. The van der Waals surface area contributed by atoms with E-state index < -0.39 is 11.4 Å². The fourth-order valence-corrected chi connectivity index (χ4v) is 7.82. The van der Waals surface area contributed by atoms with Gasteiger partial charge in [0, 0.05) is 26.2 Å². The number of benzene rings is 2. The molecule has 2 aromatic carbocycles. The number of hydrogen-bond donors (Lipinski definition) is 0. The van der Waals surface area contributed by atoms with E-state index in [1.165, 1.54) is 12.4 Å². The molecule has 0 spiro atoms. The Kier molecular flexibility index (Phi) is 9.52. The number of fused-ring (bicyclic) bond motifs is 1. The third kappa shape index (κ3) is 6.68. The number of aromatic nitrogens is 4. The zero-order chi connectivity index (χ0) is 35.0. The van der Waals surface area contributed by atoms with Gasteiger partial charge in [-0.15, -0.1) is 0 Å². The van der Waals surface area contributed by atoms with E-state index in [1.54, 1.807) is 21.7 Å². The van der Waals surface area contributed by atoms with Gasteiger partial charge in [-0.1, -0.05) is 0 Å². The number of hydrogen-bond acceptors (Lipinski definition) is 9. The first-order chi connectivity index (χ1) is 24.1. The summed E-state index contributed by atoms with van der Waals surface area (Å²) in [5.74, 6) is 0.205. The van der Waals surface area contributed by atoms with Crippen molar-refractivity contribution in [2.24, 2.45) is 0 Å². The maximum absolute atomic E-state index is 15.7. The van der Waals surface area contributed by atoms with Crippen molar-refractivity contribution in [3.05, 3.63) is 72.3 Å². The average Bonchev–Trinajstić information content (AvgIpc) is 3.50. The summed E-state index contributed by atoms with van der Waals surface area (Å²) in [6.45, 7) is 12.3. The van der Waals surface area contributed by atoms with Crippen molar-refractivity contribution in [1.82, 2.24) is 34.4 Å². The molecule has 3 saturated heterocycles. The minimum Gasteiger partial charge on any atom is -0.377 e. The second-order valence-corrected chi connectivity index (χ2v) is 15.0. The van der Waals surface area contributed by atoms with Crippen molar-refractivity contribution >= 4 is 38.3 Å². The zero-order valence-electron chi connectivity index (χ0n) is 28.5. The van der Waals surface area contributed by atoms with Crippen LogP contribution in [0.15, 0.2) is 66.5 Å². The number of nitriles is 1. The molecule has 1 amide bonds. The van der Waals surface area contributed by atoms with Gasteiger partial charge in [-0.3, -0.25) is 4.90 Å². The standard InChI is InChI=1S/C37H40AsFN8O3/c1-36(2,45-14-16-46(17-15-45)37(3)22-49-23-37)19-25(20-40)35(48)44-13-7-8-26(21-44)47-34-31(33(38)41-24-42-34)32(43-47)29-12-11-28(18-30(29)39)50-27-9-5-4-6-10-27/h4-6,9-12,18-19,24,26H,7-8,13-17,21-23H2,1-3H3/b25-19-/t26-/m1/s1. The molecule has 0 aliphatic carbocycles. The summed E-state index contributed by atoms with van der Waals surface area (Å²) in [5.41, 5.74) is 1.04. The summed E-state index contributed by atoms with van der Waals surface area (Å²) in [7, 11) is 0. The third-order valence-electron chi connectivity index (χ3n) is 10.2. The number of halogens is 1. The van der Waals surface area contributed by atoms with Crippen LogP contribution in [0.2, 0.25) is 0 Å². The second kappa shape index (κ2) is 13.9. The number of carbonyl (C=O) groups is 1. The Bertz CT molecular complexity index is 1960. The molecule has 3 aliphatic rings. The molecule has 13 heteroatoms. The molecule has 1 atom stereocenters. The van der Waals surface area contributed by atoms with Gasteiger partial charge in [-0.25, -0.2) is 0 Å². The summed E-state index contributed by atoms with van der Waals surface area (Å²) in [6, 6.07) is 15.9. The van der Waals surface area contributed by atoms with Crippen LogP contribution in [0.5, 0.6) is 11.5 Å². The molecule has 258 valence electrons. The molecule has 7 rings (SSSR count). The minimum atomic E-state index is -0.486. The number of nitrogens with zero attached hydrogens (tertiary/aromatic N) is 8. The van der Waals surface area contributed by atoms with Crippen LogP contribution in [0.1, 0.15) is 39.7 Å². The van der Waals surface area contributed by atoms with E-state index in [2.05, 4.69) is 63.5 Å². The van der Waals surface area contributed by atoms with E-state index in [0.717, 1.165) is 52.2 Å². The van der Waals surface area contributed by atoms with E-state index in [1.807, 2.05) is 36.4 Å². The number of likely N-dealkylation sites (tertiary alicyclic amines) is 1. The number of rotatable bonds is 8. The summed E-state index contributed by atoms with van der Waals surface area (Å²) < 4.78 is 29.5. The molecule has 2 radical (unpaired) electrons. The summed E-state index contributed by atoms with van der Waals surface area (Å²) in [6.07, 6.45) is 4.76. The third-order valence-corrected chi connectivity index (χ3v) is 10.9. The van der Waals surface area contributed by atoms with Crippen molar-refractivity contribution in [3.8, 4) is 28.8 Å². The van der Waals surface area contributed by atoms with Crippen LogP contribution < -0.4 is 9.22 Å². The van der Waals surface area contributed by atoms with E-state index in [9.17, 15) is 10.1 Å². The first kappa shape index (κ1) is 34.3. The Morgan fingerprint density at radius 1 is 1.10 bits per heavy atom. The number of amides is 1. The predicted octanol–water partition coefficient (Wildman–Crippen LogP) is 4.02. The molecule has 3 aliphatic heterocycles. The molecule has 11 nitrogen and oxygen atoms in total. The number of carbonyl (C=O) groups excluding carboxylic acids is 1. The van der Waals surface area contributed by atoms with Gasteiger partial charge in [0.1, 0.15) is 0 Å². The molecule has 0 N–H and O–H groups in total. The molecule has 3 fully saturated rings. The minimum absolute atomic E-state index is 0.103. The zero-order valence-corrected chi connectivity index (χ0v) is 30.4. The number of piperazine rings is 1. The van der Waals surface area contributed by atoms with Crippen LogP contribution >= 0.6 is 0 Å².